The lowest BCUT2D eigenvalue weighted by Crippen LogP contribution is -2.36. The van der Waals surface area contributed by atoms with Crippen LogP contribution >= 0.6 is 11.6 Å². The summed E-state index contributed by atoms with van der Waals surface area (Å²) >= 11 is 5.60. The Balaban J connectivity index is 3.00. The standard InChI is InChI=1S/C9H10ClF3N2O2S/c10-7-3-1-6(2-4-7)8(5-9(11,12)13)15-18(14,16)17/h1-4,8,15H,5H2,(H2,14,16,17). The molecule has 0 spiro atoms. The molecule has 0 heterocycles. The predicted octanol–water partition coefficient (Wildman–Crippen LogP) is 2.13. The van der Waals surface area contributed by atoms with E-state index in [1.807, 2.05) is 0 Å². The zero-order valence-electron chi connectivity index (χ0n) is 8.91. The van der Waals surface area contributed by atoms with Gasteiger partial charge in [0.25, 0.3) is 10.2 Å². The van der Waals surface area contributed by atoms with Gasteiger partial charge in [-0.05, 0) is 17.7 Å². The van der Waals surface area contributed by atoms with E-state index in [4.69, 9.17) is 16.7 Å². The van der Waals surface area contributed by atoms with Crippen LogP contribution in [0.3, 0.4) is 0 Å². The van der Waals surface area contributed by atoms with Crippen molar-refractivity contribution in [1.82, 2.24) is 4.72 Å². The van der Waals surface area contributed by atoms with Gasteiger partial charge in [-0.2, -0.15) is 26.3 Å². The Kier molecular flexibility index (Phi) is 4.60. The first-order valence-corrected chi connectivity index (χ1v) is 6.61. The highest BCUT2D eigenvalue weighted by atomic mass is 35.5. The molecule has 0 aromatic heterocycles. The summed E-state index contributed by atoms with van der Waals surface area (Å²) in [5, 5.41) is 5.02. The summed E-state index contributed by atoms with van der Waals surface area (Å²) in [7, 11) is -4.24. The SMILES string of the molecule is NS(=O)(=O)NC(CC(F)(F)F)c1ccc(Cl)cc1. The van der Waals surface area contributed by atoms with Gasteiger partial charge in [-0.15, -0.1) is 0 Å². The van der Waals surface area contributed by atoms with Crippen molar-refractivity contribution in [3.8, 4) is 0 Å². The largest absolute Gasteiger partial charge is 0.390 e. The lowest BCUT2D eigenvalue weighted by molar-refractivity contribution is -0.139. The van der Waals surface area contributed by atoms with Crippen LogP contribution in [0.25, 0.3) is 0 Å². The highest BCUT2D eigenvalue weighted by molar-refractivity contribution is 7.87. The Bertz CT molecular complexity index is 502. The molecule has 1 rings (SSSR count). The summed E-state index contributed by atoms with van der Waals surface area (Å²) in [5.74, 6) is 0. The van der Waals surface area contributed by atoms with E-state index in [-0.39, 0.29) is 5.56 Å². The van der Waals surface area contributed by atoms with Crippen LogP contribution in [0.5, 0.6) is 0 Å². The molecule has 1 aromatic rings. The molecule has 9 heteroatoms. The van der Waals surface area contributed by atoms with Gasteiger partial charge in [-0.1, -0.05) is 23.7 Å². The Hall–Kier alpha value is -0.830. The van der Waals surface area contributed by atoms with Gasteiger partial charge in [0.1, 0.15) is 0 Å². The van der Waals surface area contributed by atoms with Crippen LogP contribution in [0.1, 0.15) is 18.0 Å². The van der Waals surface area contributed by atoms with Gasteiger partial charge in [0.2, 0.25) is 0 Å². The molecule has 0 saturated heterocycles. The van der Waals surface area contributed by atoms with Crippen LogP contribution in [0, 0.1) is 0 Å². The Morgan fingerprint density at radius 2 is 1.78 bits per heavy atom. The van der Waals surface area contributed by atoms with Crippen LogP contribution in [0.2, 0.25) is 5.02 Å². The second kappa shape index (κ2) is 5.43. The number of hydrogen-bond acceptors (Lipinski definition) is 2. The summed E-state index contributed by atoms with van der Waals surface area (Å²) in [4.78, 5) is 0. The van der Waals surface area contributed by atoms with E-state index in [1.165, 1.54) is 24.3 Å². The van der Waals surface area contributed by atoms with E-state index >= 15 is 0 Å². The van der Waals surface area contributed by atoms with E-state index in [1.54, 1.807) is 4.72 Å². The van der Waals surface area contributed by atoms with Crippen molar-refractivity contribution in [3.63, 3.8) is 0 Å². The third-order valence-corrected chi connectivity index (χ3v) is 2.88. The molecule has 0 aliphatic carbocycles. The van der Waals surface area contributed by atoms with Crippen LogP contribution < -0.4 is 9.86 Å². The summed E-state index contributed by atoms with van der Waals surface area (Å²) in [5.41, 5.74) is 0.130. The van der Waals surface area contributed by atoms with Gasteiger partial charge in [-0.25, -0.2) is 5.14 Å². The topological polar surface area (TPSA) is 72.2 Å². The number of nitrogens with one attached hydrogen (secondary N) is 1. The van der Waals surface area contributed by atoms with E-state index in [0.717, 1.165) is 0 Å². The fourth-order valence-electron chi connectivity index (χ4n) is 1.35. The Labute approximate surface area is 107 Å². The summed E-state index contributed by atoms with van der Waals surface area (Å²) in [6, 6.07) is 3.86. The molecule has 4 nitrogen and oxygen atoms in total. The molecule has 0 aliphatic rings. The van der Waals surface area contributed by atoms with Crippen LogP contribution in [-0.2, 0) is 10.2 Å². The average Bonchev–Trinajstić information content (AvgIpc) is 2.13. The smallest absolute Gasteiger partial charge is 0.216 e. The van der Waals surface area contributed by atoms with Crippen LogP contribution in [0.15, 0.2) is 24.3 Å². The molecule has 102 valence electrons. The quantitative estimate of drug-likeness (QED) is 0.894. The van der Waals surface area contributed by atoms with E-state index in [9.17, 15) is 21.6 Å². The van der Waals surface area contributed by atoms with Crippen LogP contribution in [-0.4, -0.2) is 14.6 Å². The molecule has 18 heavy (non-hydrogen) atoms. The van der Waals surface area contributed by atoms with Crippen molar-refractivity contribution < 1.29 is 21.6 Å². The fraction of sp³-hybridized carbons (Fsp3) is 0.333. The average molecular weight is 303 g/mol. The monoisotopic (exact) mass is 302 g/mol. The highest BCUT2D eigenvalue weighted by Gasteiger charge is 2.34. The zero-order valence-corrected chi connectivity index (χ0v) is 10.5. The maximum atomic E-state index is 12.3. The van der Waals surface area contributed by atoms with E-state index < -0.39 is 28.8 Å². The fourth-order valence-corrected chi connectivity index (χ4v) is 2.09. The maximum absolute atomic E-state index is 12.3. The minimum Gasteiger partial charge on any atom is -0.216 e. The third-order valence-electron chi connectivity index (χ3n) is 2.01. The minimum absolute atomic E-state index is 0.130. The Morgan fingerprint density at radius 3 is 2.17 bits per heavy atom. The van der Waals surface area contributed by atoms with E-state index in [0.29, 0.717) is 5.02 Å². The minimum atomic E-state index is -4.53. The number of nitrogens with two attached hydrogens (primary N) is 1. The first-order valence-electron chi connectivity index (χ1n) is 4.69. The Morgan fingerprint density at radius 1 is 1.28 bits per heavy atom. The molecule has 0 bridgehead atoms. The normalized spacial score (nSPS) is 14.5. The highest BCUT2D eigenvalue weighted by Crippen LogP contribution is 2.30. The summed E-state index contributed by atoms with van der Waals surface area (Å²) < 4.78 is 60.4. The van der Waals surface area contributed by atoms with Gasteiger partial charge < -0.3 is 0 Å². The number of alkyl halides is 3. The number of benzene rings is 1. The predicted molar refractivity (Wildman–Crippen MR) is 61.1 cm³/mol. The van der Waals surface area contributed by atoms with Crippen LogP contribution in [0.4, 0.5) is 13.2 Å². The number of halogens is 4. The van der Waals surface area contributed by atoms with Gasteiger partial charge >= 0.3 is 6.18 Å². The molecule has 3 N–H and O–H groups in total. The third kappa shape index (κ3) is 5.67. The molecule has 0 aliphatic heterocycles. The maximum Gasteiger partial charge on any atom is 0.390 e. The molecule has 1 atom stereocenters. The van der Waals surface area contributed by atoms with Crippen molar-refractivity contribution in [3.05, 3.63) is 34.9 Å². The lowest BCUT2D eigenvalue weighted by Gasteiger charge is -2.19. The molecular formula is C9H10ClF3N2O2S. The second-order valence-corrected chi connectivity index (χ2v) is 5.35. The molecule has 0 amide bonds. The number of hydrogen-bond donors (Lipinski definition) is 2. The first-order chi connectivity index (χ1) is 8.07. The van der Waals surface area contributed by atoms with Crippen molar-refractivity contribution in [1.29, 1.82) is 0 Å². The van der Waals surface area contributed by atoms with Gasteiger partial charge in [0.15, 0.2) is 0 Å². The summed E-state index contributed by atoms with van der Waals surface area (Å²) in [6.07, 6.45) is -5.88. The van der Waals surface area contributed by atoms with Crippen molar-refractivity contribution >= 4 is 21.8 Å². The van der Waals surface area contributed by atoms with Crippen molar-refractivity contribution in [2.75, 3.05) is 0 Å². The van der Waals surface area contributed by atoms with E-state index in [2.05, 4.69) is 0 Å². The summed E-state index contributed by atoms with van der Waals surface area (Å²) in [6.45, 7) is 0. The number of rotatable bonds is 4. The molecule has 0 radical (unpaired) electrons. The lowest BCUT2D eigenvalue weighted by atomic mass is 10.0. The second-order valence-electron chi connectivity index (χ2n) is 3.59. The molecule has 0 fully saturated rings. The molecule has 0 saturated carbocycles. The zero-order chi connectivity index (χ0) is 14.0. The van der Waals surface area contributed by atoms with Gasteiger partial charge in [0.05, 0.1) is 12.5 Å². The molecular weight excluding hydrogens is 293 g/mol. The molecule has 1 aromatic carbocycles. The first kappa shape index (κ1) is 15.2. The van der Waals surface area contributed by atoms with Crippen molar-refractivity contribution in [2.24, 2.45) is 5.14 Å². The van der Waals surface area contributed by atoms with Gasteiger partial charge in [-0.3, -0.25) is 0 Å². The molecule has 1 unspecified atom stereocenters. The van der Waals surface area contributed by atoms with Crippen molar-refractivity contribution in [2.45, 2.75) is 18.6 Å². The van der Waals surface area contributed by atoms with Gasteiger partial charge in [0, 0.05) is 5.02 Å².